The summed E-state index contributed by atoms with van der Waals surface area (Å²) in [5.74, 6) is -0.387. The van der Waals surface area contributed by atoms with E-state index in [1.54, 1.807) is 73.8 Å². The first-order chi connectivity index (χ1) is 16.0. The summed E-state index contributed by atoms with van der Waals surface area (Å²) in [6, 6.07) is 20.9. The van der Waals surface area contributed by atoms with Crippen molar-refractivity contribution in [3.05, 3.63) is 111 Å². The molecule has 0 aliphatic carbocycles. The molecule has 1 aromatic heterocycles. The Hall–Kier alpha value is -3.83. The third-order valence-electron chi connectivity index (χ3n) is 5.42. The fourth-order valence-electron chi connectivity index (χ4n) is 3.71. The van der Waals surface area contributed by atoms with Crippen LogP contribution in [0.15, 0.2) is 88.1 Å². The van der Waals surface area contributed by atoms with E-state index in [-0.39, 0.29) is 29.1 Å². The molecule has 0 aliphatic heterocycles. The van der Waals surface area contributed by atoms with Gasteiger partial charge in [-0.1, -0.05) is 54.1 Å². The van der Waals surface area contributed by atoms with Crippen LogP contribution in [0.4, 0.5) is 0 Å². The summed E-state index contributed by atoms with van der Waals surface area (Å²) in [6.45, 7) is 0. The largest absolute Gasteiger partial charge is 0.507 e. The number of ether oxygens (including phenoxy) is 1. The van der Waals surface area contributed by atoms with E-state index in [2.05, 4.69) is 0 Å². The molecule has 5 nitrogen and oxygen atoms in total. The zero-order valence-corrected chi connectivity index (χ0v) is 18.6. The van der Waals surface area contributed by atoms with Gasteiger partial charge in [0.25, 0.3) is 0 Å². The van der Waals surface area contributed by atoms with Crippen molar-refractivity contribution in [3.63, 3.8) is 0 Å². The van der Waals surface area contributed by atoms with E-state index in [1.807, 2.05) is 12.1 Å². The highest BCUT2D eigenvalue weighted by molar-refractivity contribution is 6.30. The number of rotatable bonds is 7. The Kier molecular flexibility index (Phi) is 6.61. The van der Waals surface area contributed by atoms with Gasteiger partial charge in [-0.15, -0.1) is 0 Å². The van der Waals surface area contributed by atoms with Crippen LogP contribution in [0.2, 0.25) is 5.02 Å². The second kappa shape index (κ2) is 9.76. The molecule has 0 fully saturated rings. The maximum Gasteiger partial charge on any atom is 0.343 e. The van der Waals surface area contributed by atoms with Gasteiger partial charge >= 0.3 is 5.63 Å². The lowest BCUT2D eigenvalue weighted by atomic mass is 9.86. The third kappa shape index (κ3) is 4.99. The quantitative estimate of drug-likeness (QED) is 0.272. The van der Waals surface area contributed by atoms with Gasteiger partial charge in [-0.3, -0.25) is 4.79 Å². The Morgan fingerprint density at radius 3 is 2.45 bits per heavy atom. The smallest absolute Gasteiger partial charge is 0.343 e. The van der Waals surface area contributed by atoms with Crippen molar-refractivity contribution in [1.82, 2.24) is 0 Å². The fraction of sp³-hybridized carbons (Fsp3) is 0.111. The average Bonchev–Trinajstić information content (AvgIpc) is 2.83. The highest BCUT2D eigenvalue weighted by Crippen LogP contribution is 2.36. The number of ketones is 1. The Morgan fingerprint density at radius 1 is 1.06 bits per heavy atom. The first-order valence-corrected chi connectivity index (χ1v) is 10.7. The number of fused-ring (bicyclic) bond motifs is 1. The monoisotopic (exact) mass is 460 g/mol. The zero-order valence-electron chi connectivity index (χ0n) is 17.8. The Labute approximate surface area is 195 Å². The van der Waals surface area contributed by atoms with Crippen LogP contribution >= 0.6 is 11.6 Å². The molecule has 3 aromatic carbocycles. The molecule has 0 spiro atoms. The maximum absolute atomic E-state index is 12.9. The lowest BCUT2D eigenvalue weighted by Crippen LogP contribution is -2.17. The molecular formula is C27H21ClO5. The number of methoxy groups -OCH3 is 1. The van der Waals surface area contributed by atoms with Crippen LogP contribution in [0.5, 0.6) is 11.5 Å². The molecule has 0 aliphatic rings. The normalized spacial score (nSPS) is 12.2. The van der Waals surface area contributed by atoms with E-state index in [0.717, 1.165) is 11.3 Å². The van der Waals surface area contributed by atoms with Gasteiger partial charge in [-0.25, -0.2) is 4.79 Å². The number of aromatic hydroxyl groups is 1. The van der Waals surface area contributed by atoms with Gasteiger partial charge in [0.15, 0.2) is 5.78 Å². The number of hydrogen-bond donors (Lipinski definition) is 1. The van der Waals surface area contributed by atoms with E-state index in [9.17, 15) is 14.7 Å². The minimum atomic E-state index is -0.712. The predicted molar refractivity (Wildman–Crippen MR) is 129 cm³/mol. The molecule has 0 bridgehead atoms. The summed E-state index contributed by atoms with van der Waals surface area (Å²) in [6.07, 6.45) is 3.12. The molecule has 1 N–H and O–H groups in total. The zero-order chi connectivity index (χ0) is 23.4. The van der Waals surface area contributed by atoms with Crippen molar-refractivity contribution in [2.45, 2.75) is 12.3 Å². The number of allylic oxidation sites excluding steroid dienone is 1. The molecule has 1 heterocycles. The molecule has 0 saturated carbocycles. The summed E-state index contributed by atoms with van der Waals surface area (Å²) in [5.41, 5.74) is 1.15. The molecule has 1 unspecified atom stereocenters. The maximum atomic E-state index is 12.9. The number of hydrogen-bond acceptors (Lipinski definition) is 5. The molecular weight excluding hydrogens is 440 g/mol. The van der Waals surface area contributed by atoms with Gasteiger partial charge in [-0.05, 0) is 53.6 Å². The van der Waals surface area contributed by atoms with Gasteiger partial charge in [0.1, 0.15) is 17.1 Å². The van der Waals surface area contributed by atoms with Crippen molar-refractivity contribution in [2.75, 3.05) is 7.11 Å². The molecule has 6 heteroatoms. The Morgan fingerprint density at radius 2 is 1.76 bits per heavy atom. The van der Waals surface area contributed by atoms with Gasteiger partial charge in [0, 0.05) is 17.4 Å². The summed E-state index contributed by atoms with van der Waals surface area (Å²) in [5, 5.41) is 11.9. The van der Waals surface area contributed by atoms with E-state index in [4.69, 9.17) is 20.8 Å². The number of para-hydroxylation sites is 1. The third-order valence-corrected chi connectivity index (χ3v) is 5.68. The highest BCUT2D eigenvalue weighted by Gasteiger charge is 2.26. The van der Waals surface area contributed by atoms with E-state index < -0.39 is 11.5 Å². The lowest BCUT2D eigenvalue weighted by Gasteiger charge is -2.17. The van der Waals surface area contributed by atoms with E-state index in [0.29, 0.717) is 16.0 Å². The van der Waals surface area contributed by atoms with Crippen LogP contribution < -0.4 is 10.4 Å². The fourth-order valence-corrected chi connectivity index (χ4v) is 3.84. The first kappa shape index (κ1) is 22.4. The number of halogens is 1. The summed E-state index contributed by atoms with van der Waals surface area (Å²) in [4.78, 5) is 25.8. The average molecular weight is 461 g/mol. The van der Waals surface area contributed by atoms with Crippen LogP contribution in [-0.2, 0) is 4.79 Å². The van der Waals surface area contributed by atoms with Gasteiger partial charge in [-0.2, -0.15) is 0 Å². The standard InChI is InChI=1S/C27H21ClO5/c1-32-21-14-7-17(8-15-21)6-13-20(29)16-23(18-9-11-19(28)12-10-18)25-26(30)22-4-2-3-5-24(22)33-27(25)31/h2-15,23,30H,16H2,1H3/b13-6+. The van der Waals surface area contributed by atoms with Crippen LogP contribution in [0.1, 0.15) is 29.0 Å². The molecule has 1 atom stereocenters. The number of benzene rings is 3. The first-order valence-electron chi connectivity index (χ1n) is 10.3. The van der Waals surface area contributed by atoms with Crippen molar-refractivity contribution in [3.8, 4) is 11.5 Å². The number of carbonyl (C=O) groups is 1. The topological polar surface area (TPSA) is 76.7 Å². The van der Waals surface area contributed by atoms with Crippen LogP contribution in [0.3, 0.4) is 0 Å². The van der Waals surface area contributed by atoms with Crippen molar-refractivity contribution < 1.29 is 19.1 Å². The molecule has 166 valence electrons. The number of carbonyl (C=O) groups excluding carboxylic acids is 1. The Bertz CT molecular complexity index is 1370. The minimum absolute atomic E-state index is 0.0368. The van der Waals surface area contributed by atoms with E-state index in [1.165, 1.54) is 6.08 Å². The second-order valence-electron chi connectivity index (χ2n) is 7.53. The summed E-state index contributed by atoms with van der Waals surface area (Å²) < 4.78 is 10.6. The SMILES string of the molecule is COc1ccc(/C=C/C(=O)CC(c2ccc(Cl)cc2)c2c(O)c3ccccc3oc2=O)cc1. The van der Waals surface area contributed by atoms with Gasteiger partial charge in [0.05, 0.1) is 18.1 Å². The lowest BCUT2D eigenvalue weighted by molar-refractivity contribution is -0.114. The van der Waals surface area contributed by atoms with Crippen LogP contribution in [-0.4, -0.2) is 18.0 Å². The van der Waals surface area contributed by atoms with Gasteiger partial charge < -0.3 is 14.3 Å². The molecule has 4 rings (SSSR count). The van der Waals surface area contributed by atoms with Crippen molar-refractivity contribution in [1.29, 1.82) is 0 Å². The predicted octanol–water partition coefficient (Wildman–Crippen LogP) is 5.97. The molecule has 0 amide bonds. The second-order valence-corrected chi connectivity index (χ2v) is 7.97. The van der Waals surface area contributed by atoms with Crippen molar-refractivity contribution in [2.24, 2.45) is 0 Å². The van der Waals surface area contributed by atoms with Crippen LogP contribution in [0, 0.1) is 0 Å². The summed E-state index contributed by atoms with van der Waals surface area (Å²) in [7, 11) is 1.59. The molecule has 4 aromatic rings. The van der Waals surface area contributed by atoms with Crippen LogP contribution in [0.25, 0.3) is 17.0 Å². The minimum Gasteiger partial charge on any atom is -0.507 e. The molecule has 0 radical (unpaired) electrons. The Balaban J connectivity index is 1.71. The van der Waals surface area contributed by atoms with Crippen molar-refractivity contribution >= 4 is 34.4 Å². The molecule has 0 saturated heterocycles. The van der Waals surface area contributed by atoms with E-state index >= 15 is 0 Å². The summed E-state index contributed by atoms with van der Waals surface area (Å²) >= 11 is 6.03. The van der Waals surface area contributed by atoms with Gasteiger partial charge in [0.2, 0.25) is 0 Å². The molecule has 33 heavy (non-hydrogen) atoms. The highest BCUT2D eigenvalue weighted by atomic mass is 35.5.